The molecule has 1 unspecified atom stereocenters. The molecule has 1 aromatic rings. The standard InChI is InChI=1S/C21H31N5O3/c1-14-23-17-13-26(20(27)29-21(2,3)4)11-9-15(17)19(24-14)16(8-10-22)25-18-7-5-6-12-28-18/h8,10,18,22,25H,5-7,9,11-13H2,1-4H3/b16-8-,22-10?. The zero-order valence-corrected chi connectivity index (χ0v) is 17.7. The van der Waals surface area contributed by atoms with Gasteiger partial charge in [-0.2, -0.15) is 0 Å². The number of carbonyl (C=O) groups excluding carboxylic acids is 1. The molecule has 0 spiro atoms. The summed E-state index contributed by atoms with van der Waals surface area (Å²) in [6.45, 7) is 9.09. The Hall–Kier alpha value is -2.48. The lowest BCUT2D eigenvalue weighted by Crippen LogP contribution is -2.41. The molecule has 0 radical (unpaired) electrons. The van der Waals surface area contributed by atoms with E-state index in [0.717, 1.165) is 48.5 Å². The number of nitrogens with zero attached hydrogens (tertiary/aromatic N) is 3. The maximum Gasteiger partial charge on any atom is 0.410 e. The van der Waals surface area contributed by atoms with Gasteiger partial charge in [0.25, 0.3) is 0 Å². The molecule has 8 heteroatoms. The Morgan fingerprint density at radius 3 is 2.79 bits per heavy atom. The molecule has 1 amide bonds. The molecule has 1 fully saturated rings. The largest absolute Gasteiger partial charge is 0.444 e. The molecule has 1 saturated heterocycles. The van der Waals surface area contributed by atoms with E-state index in [0.29, 0.717) is 25.3 Å². The smallest absolute Gasteiger partial charge is 0.410 e. The van der Waals surface area contributed by atoms with Crippen LogP contribution >= 0.6 is 0 Å². The number of nitrogens with one attached hydrogen (secondary N) is 2. The average Bonchev–Trinajstić information content (AvgIpc) is 2.66. The fourth-order valence-electron chi connectivity index (χ4n) is 3.57. The number of amides is 1. The van der Waals surface area contributed by atoms with E-state index in [1.54, 1.807) is 11.0 Å². The van der Waals surface area contributed by atoms with E-state index >= 15 is 0 Å². The molecular formula is C21H31N5O3. The highest BCUT2D eigenvalue weighted by Crippen LogP contribution is 2.26. The number of rotatable bonds is 4. The van der Waals surface area contributed by atoms with Gasteiger partial charge in [-0.3, -0.25) is 0 Å². The minimum atomic E-state index is -0.534. The number of aromatic nitrogens is 2. The van der Waals surface area contributed by atoms with Crippen LogP contribution in [0.1, 0.15) is 62.8 Å². The van der Waals surface area contributed by atoms with E-state index in [1.165, 1.54) is 6.21 Å². The monoisotopic (exact) mass is 401 g/mol. The van der Waals surface area contributed by atoms with Crippen LogP contribution in [0.25, 0.3) is 5.70 Å². The van der Waals surface area contributed by atoms with Gasteiger partial charge in [0.15, 0.2) is 0 Å². The molecule has 0 bridgehead atoms. The van der Waals surface area contributed by atoms with Gasteiger partial charge in [0.05, 0.1) is 23.6 Å². The van der Waals surface area contributed by atoms with Crippen molar-refractivity contribution < 1.29 is 14.3 Å². The summed E-state index contributed by atoms with van der Waals surface area (Å²) in [5, 5.41) is 11.0. The molecule has 2 aliphatic heterocycles. The first-order valence-corrected chi connectivity index (χ1v) is 10.2. The fraction of sp³-hybridized carbons (Fsp3) is 0.619. The zero-order chi connectivity index (χ0) is 21.0. The van der Waals surface area contributed by atoms with Crippen molar-refractivity contribution in [2.24, 2.45) is 0 Å². The Morgan fingerprint density at radius 1 is 1.34 bits per heavy atom. The van der Waals surface area contributed by atoms with Crippen LogP contribution in [0.4, 0.5) is 4.79 Å². The highest BCUT2D eigenvalue weighted by Gasteiger charge is 2.29. The minimum Gasteiger partial charge on any atom is -0.444 e. The Morgan fingerprint density at radius 2 is 2.14 bits per heavy atom. The lowest BCUT2D eigenvalue weighted by Gasteiger charge is -2.32. The Bertz CT molecular complexity index is 794. The Kier molecular flexibility index (Phi) is 6.52. The summed E-state index contributed by atoms with van der Waals surface area (Å²) in [5.41, 5.74) is 2.85. The molecule has 158 valence electrons. The molecule has 0 saturated carbocycles. The molecule has 1 aromatic heterocycles. The van der Waals surface area contributed by atoms with Crippen LogP contribution in [0, 0.1) is 12.3 Å². The van der Waals surface area contributed by atoms with Crippen molar-refractivity contribution in [3.05, 3.63) is 28.9 Å². The third-order valence-electron chi connectivity index (χ3n) is 4.83. The molecule has 0 aliphatic carbocycles. The van der Waals surface area contributed by atoms with Crippen molar-refractivity contribution in [3.63, 3.8) is 0 Å². The second-order valence-corrected chi connectivity index (χ2v) is 8.44. The summed E-state index contributed by atoms with van der Waals surface area (Å²) in [5.74, 6) is 0.632. The van der Waals surface area contributed by atoms with Gasteiger partial charge in [-0.15, -0.1) is 0 Å². The van der Waals surface area contributed by atoms with Crippen molar-refractivity contribution in [2.45, 2.75) is 71.8 Å². The number of aryl methyl sites for hydroxylation is 1. The van der Waals surface area contributed by atoms with Crippen molar-refractivity contribution in [3.8, 4) is 0 Å². The summed E-state index contributed by atoms with van der Waals surface area (Å²) in [6, 6.07) is 0. The molecule has 3 heterocycles. The van der Waals surface area contributed by atoms with Gasteiger partial charge >= 0.3 is 6.09 Å². The van der Waals surface area contributed by atoms with Gasteiger partial charge < -0.3 is 25.1 Å². The maximum absolute atomic E-state index is 12.5. The highest BCUT2D eigenvalue weighted by atomic mass is 16.6. The number of allylic oxidation sites excluding steroid dienone is 1. The number of hydrogen-bond acceptors (Lipinski definition) is 7. The lowest BCUT2D eigenvalue weighted by atomic mass is 10.0. The molecule has 1 atom stereocenters. The first kappa shape index (κ1) is 21.2. The zero-order valence-electron chi connectivity index (χ0n) is 17.7. The van der Waals surface area contributed by atoms with Gasteiger partial charge in [0.1, 0.15) is 17.7 Å². The predicted octanol–water partition coefficient (Wildman–Crippen LogP) is 3.18. The van der Waals surface area contributed by atoms with Gasteiger partial charge in [-0.1, -0.05) is 0 Å². The Balaban J connectivity index is 1.85. The number of ether oxygens (including phenoxy) is 2. The van der Waals surface area contributed by atoms with E-state index in [-0.39, 0.29) is 12.3 Å². The van der Waals surface area contributed by atoms with Crippen LogP contribution < -0.4 is 5.32 Å². The number of hydrogen-bond donors (Lipinski definition) is 2. The summed E-state index contributed by atoms with van der Waals surface area (Å²) in [4.78, 5) is 23.4. The lowest BCUT2D eigenvalue weighted by molar-refractivity contribution is 0.00526. The number of carbonyl (C=O) groups is 1. The average molecular weight is 402 g/mol. The van der Waals surface area contributed by atoms with Crippen molar-refractivity contribution >= 4 is 18.0 Å². The number of fused-ring (bicyclic) bond motifs is 1. The maximum atomic E-state index is 12.5. The Labute approximate surface area is 172 Å². The third-order valence-corrected chi connectivity index (χ3v) is 4.83. The fourth-order valence-corrected chi connectivity index (χ4v) is 3.57. The predicted molar refractivity (Wildman–Crippen MR) is 111 cm³/mol. The molecule has 2 N–H and O–H groups in total. The molecular weight excluding hydrogens is 370 g/mol. The SMILES string of the molecule is Cc1nc2c(c(/C(=C/C=N)NC3CCCCO3)n1)CCN(C(=O)OC(C)(C)C)C2. The third kappa shape index (κ3) is 5.53. The summed E-state index contributed by atoms with van der Waals surface area (Å²) in [7, 11) is 0. The highest BCUT2D eigenvalue weighted by molar-refractivity contribution is 5.82. The second kappa shape index (κ2) is 8.90. The van der Waals surface area contributed by atoms with Crippen LogP contribution in [0.5, 0.6) is 0 Å². The molecule has 0 aromatic carbocycles. The minimum absolute atomic E-state index is 0.0808. The van der Waals surface area contributed by atoms with Crippen LogP contribution in [-0.4, -0.2) is 52.2 Å². The topological polar surface area (TPSA) is 100 Å². The van der Waals surface area contributed by atoms with Crippen molar-refractivity contribution in [2.75, 3.05) is 13.2 Å². The van der Waals surface area contributed by atoms with E-state index in [1.807, 2.05) is 27.7 Å². The molecule has 3 rings (SSSR count). The van der Waals surface area contributed by atoms with E-state index < -0.39 is 5.60 Å². The van der Waals surface area contributed by atoms with Crippen LogP contribution in [-0.2, 0) is 22.4 Å². The summed E-state index contributed by atoms with van der Waals surface area (Å²) >= 11 is 0. The molecule has 2 aliphatic rings. The summed E-state index contributed by atoms with van der Waals surface area (Å²) < 4.78 is 11.3. The van der Waals surface area contributed by atoms with E-state index in [2.05, 4.69) is 15.3 Å². The van der Waals surface area contributed by atoms with E-state index in [9.17, 15) is 4.79 Å². The normalized spacial score (nSPS) is 20.1. The van der Waals surface area contributed by atoms with Gasteiger partial charge in [0, 0.05) is 24.9 Å². The first-order chi connectivity index (χ1) is 13.8. The molecule has 8 nitrogen and oxygen atoms in total. The van der Waals surface area contributed by atoms with Crippen molar-refractivity contribution in [1.82, 2.24) is 20.2 Å². The van der Waals surface area contributed by atoms with Crippen LogP contribution in [0.15, 0.2) is 6.08 Å². The first-order valence-electron chi connectivity index (χ1n) is 10.2. The van der Waals surface area contributed by atoms with Crippen molar-refractivity contribution in [1.29, 1.82) is 5.41 Å². The summed E-state index contributed by atoms with van der Waals surface area (Å²) in [6.07, 6.45) is 6.30. The van der Waals surface area contributed by atoms with Gasteiger partial charge in [-0.25, -0.2) is 14.8 Å². The van der Waals surface area contributed by atoms with Gasteiger partial charge in [-0.05, 0) is 59.5 Å². The van der Waals surface area contributed by atoms with Crippen LogP contribution in [0.3, 0.4) is 0 Å². The second-order valence-electron chi connectivity index (χ2n) is 8.44. The van der Waals surface area contributed by atoms with Crippen LogP contribution in [0.2, 0.25) is 0 Å². The molecule has 29 heavy (non-hydrogen) atoms. The quantitative estimate of drug-likeness (QED) is 0.752. The van der Waals surface area contributed by atoms with E-state index in [4.69, 9.17) is 14.9 Å². The van der Waals surface area contributed by atoms with Gasteiger partial charge in [0.2, 0.25) is 0 Å².